The third kappa shape index (κ3) is 3.72. The van der Waals surface area contributed by atoms with Gasteiger partial charge in [0, 0.05) is 30.7 Å². The van der Waals surface area contributed by atoms with Gasteiger partial charge in [0.15, 0.2) is 0 Å². The zero-order chi connectivity index (χ0) is 13.9. The molecule has 2 aliphatic rings. The van der Waals surface area contributed by atoms with Crippen LogP contribution in [0.1, 0.15) is 72.6 Å². The van der Waals surface area contributed by atoms with Crippen molar-refractivity contribution in [1.82, 2.24) is 10.2 Å². The van der Waals surface area contributed by atoms with Crippen LogP contribution in [0.2, 0.25) is 0 Å². The van der Waals surface area contributed by atoms with E-state index in [2.05, 4.69) is 37.9 Å². The van der Waals surface area contributed by atoms with Crippen LogP contribution >= 0.6 is 0 Å². The molecule has 1 saturated carbocycles. The molecule has 0 aromatic carbocycles. The molecule has 1 aliphatic carbocycles. The van der Waals surface area contributed by atoms with Crippen LogP contribution < -0.4 is 5.32 Å². The maximum Gasteiger partial charge on any atom is 0.0309 e. The highest BCUT2D eigenvalue weighted by molar-refractivity contribution is 5.04. The molecule has 1 heterocycles. The van der Waals surface area contributed by atoms with Crippen LogP contribution in [0.15, 0.2) is 0 Å². The molecule has 0 amide bonds. The van der Waals surface area contributed by atoms with E-state index in [1.807, 2.05) is 0 Å². The summed E-state index contributed by atoms with van der Waals surface area (Å²) in [7, 11) is 0. The fourth-order valence-corrected chi connectivity index (χ4v) is 3.82. The second-order valence-electron chi connectivity index (χ2n) is 7.18. The van der Waals surface area contributed by atoms with E-state index in [0.29, 0.717) is 11.6 Å². The number of nitrogens with zero attached hydrogens (tertiary/aromatic N) is 1. The van der Waals surface area contributed by atoms with Crippen LogP contribution in [0.5, 0.6) is 0 Å². The number of rotatable bonds is 7. The first-order valence-electron chi connectivity index (χ1n) is 8.61. The normalized spacial score (nSPS) is 34.4. The number of piperazine rings is 1. The molecule has 3 unspecified atom stereocenters. The van der Waals surface area contributed by atoms with Gasteiger partial charge in [0.25, 0.3) is 0 Å². The topological polar surface area (TPSA) is 15.3 Å². The lowest BCUT2D eigenvalue weighted by atomic mass is 9.88. The Hall–Kier alpha value is -0.0800. The minimum absolute atomic E-state index is 0.394. The van der Waals surface area contributed by atoms with Crippen molar-refractivity contribution in [2.24, 2.45) is 5.92 Å². The molecule has 0 radical (unpaired) electrons. The van der Waals surface area contributed by atoms with Crippen molar-refractivity contribution in [3.05, 3.63) is 0 Å². The van der Waals surface area contributed by atoms with Crippen LogP contribution in [0, 0.1) is 5.92 Å². The standard InChI is InChI=1S/C17H34N2/c1-5-7-9-16(8-6-2)19-13-17(4,15-10-11-15)18-12-14(19)3/h14-16,18H,5-13H2,1-4H3. The largest absolute Gasteiger partial charge is 0.308 e. The van der Waals surface area contributed by atoms with Gasteiger partial charge in [0.2, 0.25) is 0 Å². The van der Waals surface area contributed by atoms with Crippen LogP contribution in [-0.2, 0) is 0 Å². The average molecular weight is 266 g/mol. The van der Waals surface area contributed by atoms with E-state index < -0.39 is 0 Å². The quantitative estimate of drug-likeness (QED) is 0.754. The van der Waals surface area contributed by atoms with Crippen LogP contribution in [0.3, 0.4) is 0 Å². The zero-order valence-electron chi connectivity index (χ0n) is 13.5. The first kappa shape index (κ1) is 15.3. The SMILES string of the molecule is CCCCC(CCC)N1CC(C)(C2CC2)NCC1C. The highest BCUT2D eigenvalue weighted by Crippen LogP contribution is 2.42. The molecule has 3 atom stereocenters. The lowest BCUT2D eigenvalue weighted by molar-refractivity contribution is 0.0382. The van der Waals surface area contributed by atoms with Gasteiger partial charge in [-0.2, -0.15) is 0 Å². The highest BCUT2D eigenvalue weighted by Gasteiger charge is 2.46. The first-order valence-corrected chi connectivity index (χ1v) is 8.61. The Kier molecular flexibility index (Phi) is 5.30. The number of hydrogen-bond acceptors (Lipinski definition) is 2. The molecule has 1 saturated heterocycles. The number of unbranched alkanes of at least 4 members (excludes halogenated alkanes) is 1. The molecule has 2 heteroatoms. The van der Waals surface area contributed by atoms with Gasteiger partial charge < -0.3 is 5.32 Å². The first-order chi connectivity index (χ1) is 9.10. The van der Waals surface area contributed by atoms with Crippen molar-refractivity contribution in [1.29, 1.82) is 0 Å². The van der Waals surface area contributed by atoms with E-state index in [1.165, 1.54) is 58.0 Å². The Balaban J connectivity index is 2.00. The van der Waals surface area contributed by atoms with E-state index in [1.54, 1.807) is 0 Å². The predicted molar refractivity (Wildman–Crippen MR) is 83.5 cm³/mol. The van der Waals surface area contributed by atoms with Crippen LogP contribution in [0.4, 0.5) is 0 Å². The van der Waals surface area contributed by atoms with Crippen molar-refractivity contribution in [2.75, 3.05) is 13.1 Å². The summed E-state index contributed by atoms with van der Waals surface area (Å²) in [5.74, 6) is 0.941. The molecule has 0 bridgehead atoms. The third-order valence-corrected chi connectivity index (χ3v) is 5.34. The van der Waals surface area contributed by atoms with E-state index >= 15 is 0 Å². The average Bonchev–Trinajstić information content (AvgIpc) is 3.22. The molecule has 112 valence electrons. The van der Waals surface area contributed by atoms with Crippen LogP contribution in [-0.4, -0.2) is 35.6 Å². The van der Waals surface area contributed by atoms with Crippen molar-refractivity contribution >= 4 is 0 Å². The van der Waals surface area contributed by atoms with E-state index in [-0.39, 0.29) is 0 Å². The Bertz CT molecular complexity index is 274. The molecule has 0 aromatic rings. The summed E-state index contributed by atoms with van der Waals surface area (Å²) in [5, 5.41) is 3.85. The van der Waals surface area contributed by atoms with Gasteiger partial charge in [-0.15, -0.1) is 0 Å². The van der Waals surface area contributed by atoms with Crippen molar-refractivity contribution in [3.8, 4) is 0 Å². The predicted octanol–water partition coefficient (Wildman–Crippen LogP) is 3.81. The van der Waals surface area contributed by atoms with E-state index in [9.17, 15) is 0 Å². The second kappa shape index (κ2) is 6.58. The van der Waals surface area contributed by atoms with Gasteiger partial charge in [0.1, 0.15) is 0 Å². The molecule has 1 N–H and O–H groups in total. The highest BCUT2D eigenvalue weighted by atomic mass is 15.3. The molecule has 2 nitrogen and oxygen atoms in total. The minimum atomic E-state index is 0.394. The van der Waals surface area contributed by atoms with Gasteiger partial charge in [-0.3, -0.25) is 4.90 Å². The van der Waals surface area contributed by atoms with Gasteiger partial charge in [-0.1, -0.05) is 33.1 Å². The van der Waals surface area contributed by atoms with Gasteiger partial charge >= 0.3 is 0 Å². The smallest absolute Gasteiger partial charge is 0.0309 e. The molecule has 0 spiro atoms. The van der Waals surface area contributed by atoms with Crippen molar-refractivity contribution < 1.29 is 0 Å². The monoisotopic (exact) mass is 266 g/mol. The Morgan fingerprint density at radius 1 is 1.21 bits per heavy atom. The van der Waals surface area contributed by atoms with Gasteiger partial charge in [0.05, 0.1) is 0 Å². The van der Waals surface area contributed by atoms with Crippen molar-refractivity contribution in [3.63, 3.8) is 0 Å². The Labute approximate surface area is 120 Å². The van der Waals surface area contributed by atoms with E-state index in [0.717, 1.165) is 12.0 Å². The third-order valence-electron chi connectivity index (χ3n) is 5.34. The molecule has 1 aliphatic heterocycles. The van der Waals surface area contributed by atoms with Crippen LogP contribution in [0.25, 0.3) is 0 Å². The lowest BCUT2D eigenvalue weighted by Crippen LogP contribution is -2.65. The Morgan fingerprint density at radius 3 is 2.53 bits per heavy atom. The fraction of sp³-hybridized carbons (Fsp3) is 1.00. The summed E-state index contributed by atoms with van der Waals surface area (Å²) in [4.78, 5) is 2.84. The van der Waals surface area contributed by atoms with Gasteiger partial charge in [-0.25, -0.2) is 0 Å². The molecule has 0 aromatic heterocycles. The summed E-state index contributed by atoms with van der Waals surface area (Å²) in [6, 6.07) is 1.53. The lowest BCUT2D eigenvalue weighted by Gasteiger charge is -2.49. The fourth-order valence-electron chi connectivity index (χ4n) is 3.82. The maximum absolute atomic E-state index is 3.85. The summed E-state index contributed by atoms with van der Waals surface area (Å²) >= 11 is 0. The summed E-state index contributed by atoms with van der Waals surface area (Å²) < 4.78 is 0. The summed E-state index contributed by atoms with van der Waals surface area (Å²) in [6.45, 7) is 12.0. The second-order valence-corrected chi connectivity index (χ2v) is 7.18. The molecule has 2 fully saturated rings. The minimum Gasteiger partial charge on any atom is -0.308 e. The summed E-state index contributed by atoms with van der Waals surface area (Å²) in [6.07, 6.45) is 9.71. The summed E-state index contributed by atoms with van der Waals surface area (Å²) in [5.41, 5.74) is 0.394. The molecular weight excluding hydrogens is 232 g/mol. The molecule has 19 heavy (non-hydrogen) atoms. The Morgan fingerprint density at radius 2 is 1.95 bits per heavy atom. The zero-order valence-corrected chi connectivity index (χ0v) is 13.5. The molecule has 2 rings (SSSR count). The van der Waals surface area contributed by atoms with Gasteiger partial charge in [-0.05, 0) is 45.4 Å². The number of nitrogens with one attached hydrogen (secondary N) is 1. The van der Waals surface area contributed by atoms with E-state index in [4.69, 9.17) is 0 Å². The number of hydrogen-bond donors (Lipinski definition) is 1. The van der Waals surface area contributed by atoms with Crippen molar-refractivity contribution in [2.45, 2.75) is 90.3 Å². The maximum atomic E-state index is 3.85. The molecular formula is C17H34N2.